The maximum absolute atomic E-state index is 11.8. The van der Waals surface area contributed by atoms with Gasteiger partial charge in [0.2, 0.25) is 0 Å². The number of amides is 1. The average Bonchev–Trinajstić information content (AvgIpc) is 2.42. The highest BCUT2D eigenvalue weighted by Crippen LogP contribution is 2.24. The Kier molecular flexibility index (Phi) is 7.71. The van der Waals surface area contributed by atoms with Gasteiger partial charge in [-0.15, -0.1) is 0 Å². The number of ether oxygens (including phenoxy) is 2. The Labute approximate surface area is 134 Å². The van der Waals surface area contributed by atoms with Gasteiger partial charge in [0, 0.05) is 24.2 Å². The molecule has 5 nitrogen and oxygen atoms in total. The van der Waals surface area contributed by atoms with Crippen LogP contribution in [-0.2, 0) is 16.0 Å². The number of nitrogens with one attached hydrogen (secondary N) is 1. The van der Waals surface area contributed by atoms with Gasteiger partial charge in [0.05, 0.1) is 6.61 Å². The molecule has 0 saturated carbocycles. The van der Waals surface area contributed by atoms with Crippen molar-refractivity contribution in [3.05, 3.63) is 28.2 Å². The highest BCUT2D eigenvalue weighted by molar-refractivity contribution is 9.10. The van der Waals surface area contributed by atoms with E-state index in [0.29, 0.717) is 18.9 Å². The molecule has 0 aromatic heterocycles. The molecular formula is C15H23BrN2O3. The third-order valence-electron chi connectivity index (χ3n) is 2.85. The molecule has 1 aromatic rings. The normalized spacial score (nSPS) is 13.6. The Balaban J connectivity index is 2.63. The Morgan fingerprint density at radius 1 is 1.43 bits per heavy atom. The van der Waals surface area contributed by atoms with Crippen LogP contribution in [0.25, 0.3) is 0 Å². The minimum atomic E-state index is -0.564. The number of carbonyl (C=O) groups excluding carboxylic acids is 1. The fourth-order valence-electron chi connectivity index (χ4n) is 1.81. The minimum Gasteiger partial charge on any atom is -0.481 e. The lowest BCUT2D eigenvalue weighted by Gasteiger charge is -2.16. The SMILES string of the molecule is COCCNC(=O)C(C)Oc1ccc(Br)c(CC(C)N)c1. The molecule has 0 aliphatic carbocycles. The highest BCUT2D eigenvalue weighted by Gasteiger charge is 2.15. The molecule has 3 N–H and O–H groups in total. The van der Waals surface area contributed by atoms with Gasteiger partial charge < -0.3 is 20.5 Å². The third-order valence-corrected chi connectivity index (χ3v) is 3.62. The number of carbonyl (C=O) groups is 1. The molecule has 1 rings (SSSR count). The van der Waals surface area contributed by atoms with Crippen LogP contribution in [0.2, 0.25) is 0 Å². The number of hydrogen-bond acceptors (Lipinski definition) is 4. The summed E-state index contributed by atoms with van der Waals surface area (Å²) in [6.45, 7) is 4.62. The summed E-state index contributed by atoms with van der Waals surface area (Å²) in [5.74, 6) is 0.493. The molecule has 1 aromatic carbocycles. The molecular weight excluding hydrogens is 336 g/mol. The standard InChI is InChI=1S/C15H23BrN2O3/c1-10(17)8-12-9-13(4-5-14(12)16)21-11(2)15(19)18-6-7-20-3/h4-5,9-11H,6-8,17H2,1-3H3,(H,18,19). The molecule has 0 radical (unpaired) electrons. The molecule has 0 aliphatic rings. The first-order valence-corrected chi connectivity index (χ1v) is 7.70. The molecule has 0 spiro atoms. The summed E-state index contributed by atoms with van der Waals surface area (Å²) in [5, 5.41) is 2.74. The topological polar surface area (TPSA) is 73.6 Å². The van der Waals surface area contributed by atoms with Crippen molar-refractivity contribution >= 4 is 21.8 Å². The largest absolute Gasteiger partial charge is 0.481 e. The van der Waals surface area contributed by atoms with Gasteiger partial charge >= 0.3 is 0 Å². The summed E-state index contributed by atoms with van der Waals surface area (Å²) in [6.07, 6.45) is 0.179. The van der Waals surface area contributed by atoms with Crippen molar-refractivity contribution in [3.8, 4) is 5.75 Å². The van der Waals surface area contributed by atoms with E-state index in [0.717, 1.165) is 16.5 Å². The Bertz CT molecular complexity index is 466. The lowest BCUT2D eigenvalue weighted by molar-refractivity contribution is -0.127. The quantitative estimate of drug-likeness (QED) is 0.695. The molecule has 1 amide bonds. The summed E-state index contributed by atoms with van der Waals surface area (Å²) in [4.78, 5) is 11.8. The zero-order valence-corrected chi connectivity index (χ0v) is 14.3. The highest BCUT2D eigenvalue weighted by atomic mass is 79.9. The lowest BCUT2D eigenvalue weighted by atomic mass is 10.1. The van der Waals surface area contributed by atoms with Gasteiger partial charge in [-0.1, -0.05) is 15.9 Å². The van der Waals surface area contributed by atoms with Crippen molar-refractivity contribution in [1.82, 2.24) is 5.32 Å². The number of methoxy groups -OCH3 is 1. The first-order valence-electron chi connectivity index (χ1n) is 6.91. The fraction of sp³-hybridized carbons (Fsp3) is 0.533. The zero-order chi connectivity index (χ0) is 15.8. The number of benzene rings is 1. The average molecular weight is 359 g/mol. The summed E-state index contributed by atoms with van der Waals surface area (Å²) >= 11 is 3.49. The summed E-state index contributed by atoms with van der Waals surface area (Å²) < 4.78 is 11.5. The summed E-state index contributed by atoms with van der Waals surface area (Å²) in [6, 6.07) is 5.70. The molecule has 118 valence electrons. The van der Waals surface area contributed by atoms with Crippen molar-refractivity contribution in [3.63, 3.8) is 0 Å². The molecule has 0 bridgehead atoms. The molecule has 2 unspecified atom stereocenters. The van der Waals surface area contributed by atoms with Gasteiger partial charge in [-0.25, -0.2) is 0 Å². The first kappa shape index (κ1) is 17.9. The molecule has 0 heterocycles. The Morgan fingerprint density at radius 3 is 2.76 bits per heavy atom. The van der Waals surface area contributed by atoms with Crippen LogP contribution in [0.15, 0.2) is 22.7 Å². The minimum absolute atomic E-state index is 0.0614. The molecule has 6 heteroatoms. The van der Waals surface area contributed by atoms with Crippen molar-refractivity contribution in [1.29, 1.82) is 0 Å². The summed E-state index contributed by atoms with van der Waals surface area (Å²) in [7, 11) is 1.59. The van der Waals surface area contributed by atoms with E-state index in [9.17, 15) is 4.79 Å². The predicted octanol–water partition coefficient (Wildman–Crippen LogP) is 1.87. The van der Waals surface area contributed by atoms with Crippen molar-refractivity contribution < 1.29 is 14.3 Å². The van der Waals surface area contributed by atoms with Crippen LogP contribution in [0.5, 0.6) is 5.75 Å². The predicted molar refractivity (Wildman–Crippen MR) is 86.5 cm³/mol. The number of hydrogen-bond donors (Lipinski definition) is 2. The van der Waals surface area contributed by atoms with E-state index < -0.39 is 6.10 Å². The molecule has 0 fully saturated rings. The van der Waals surface area contributed by atoms with Gasteiger partial charge in [-0.05, 0) is 44.0 Å². The fourth-order valence-corrected chi connectivity index (χ4v) is 2.21. The van der Waals surface area contributed by atoms with E-state index >= 15 is 0 Å². The van der Waals surface area contributed by atoms with Crippen molar-refractivity contribution in [2.75, 3.05) is 20.3 Å². The van der Waals surface area contributed by atoms with Gasteiger partial charge in [0.15, 0.2) is 6.10 Å². The third kappa shape index (κ3) is 6.46. The van der Waals surface area contributed by atoms with Crippen LogP contribution in [0.1, 0.15) is 19.4 Å². The van der Waals surface area contributed by atoms with E-state index in [-0.39, 0.29) is 11.9 Å². The van der Waals surface area contributed by atoms with E-state index in [1.165, 1.54) is 0 Å². The van der Waals surface area contributed by atoms with Gasteiger partial charge in [-0.3, -0.25) is 4.79 Å². The van der Waals surface area contributed by atoms with Gasteiger partial charge in [-0.2, -0.15) is 0 Å². The van der Waals surface area contributed by atoms with E-state index in [1.54, 1.807) is 14.0 Å². The second-order valence-electron chi connectivity index (χ2n) is 4.98. The number of nitrogens with two attached hydrogens (primary N) is 1. The Hall–Kier alpha value is -1.11. The van der Waals surface area contributed by atoms with Crippen LogP contribution >= 0.6 is 15.9 Å². The zero-order valence-electron chi connectivity index (χ0n) is 12.7. The van der Waals surface area contributed by atoms with Crippen LogP contribution < -0.4 is 15.8 Å². The van der Waals surface area contributed by atoms with E-state index in [1.807, 2.05) is 25.1 Å². The van der Waals surface area contributed by atoms with Crippen LogP contribution in [0.4, 0.5) is 0 Å². The van der Waals surface area contributed by atoms with Crippen molar-refractivity contribution in [2.24, 2.45) is 5.73 Å². The van der Waals surface area contributed by atoms with Gasteiger partial charge in [0.1, 0.15) is 5.75 Å². The van der Waals surface area contributed by atoms with Crippen LogP contribution in [0.3, 0.4) is 0 Å². The smallest absolute Gasteiger partial charge is 0.260 e. The van der Waals surface area contributed by atoms with Crippen LogP contribution in [-0.4, -0.2) is 38.3 Å². The van der Waals surface area contributed by atoms with Crippen LogP contribution in [0, 0.1) is 0 Å². The first-order chi connectivity index (χ1) is 9.93. The van der Waals surface area contributed by atoms with Crippen molar-refractivity contribution in [2.45, 2.75) is 32.4 Å². The summed E-state index contributed by atoms with van der Waals surface area (Å²) in [5.41, 5.74) is 6.89. The molecule has 0 saturated heterocycles. The second-order valence-corrected chi connectivity index (χ2v) is 5.83. The lowest BCUT2D eigenvalue weighted by Crippen LogP contribution is -2.37. The number of rotatable bonds is 8. The second kappa shape index (κ2) is 9.02. The van der Waals surface area contributed by atoms with E-state index in [4.69, 9.17) is 15.2 Å². The maximum Gasteiger partial charge on any atom is 0.260 e. The molecule has 0 aliphatic heterocycles. The molecule has 21 heavy (non-hydrogen) atoms. The monoisotopic (exact) mass is 358 g/mol. The maximum atomic E-state index is 11.8. The Morgan fingerprint density at radius 2 is 2.14 bits per heavy atom. The van der Waals surface area contributed by atoms with Gasteiger partial charge in [0.25, 0.3) is 5.91 Å². The number of halogens is 1. The molecule has 2 atom stereocenters. The van der Waals surface area contributed by atoms with E-state index in [2.05, 4.69) is 21.2 Å².